The average Bonchev–Trinajstić information content (AvgIpc) is 3.44. The zero-order valence-electron chi connectivity index (χ0n) is 18.6. The molecule has 1 fully saturated rings. The number of anilines is 2. The monoisotopic (exact) mass is 431 g/mol. The van der Waals surface area contributed by atoms with Crippen molar-refractivity contribution in [2.75, 3.05) is 38.7 Å². The van der Waals surface area contributed by atoms with Crippen molar-refractivity contribution in [1.82, 2.24) is 19.9 Å². The molecule has 4 aromatic rings. The number of aromatic nitrogens is 3. The molecule has 2 aromatic carbocycles. The molecule has 166 valence electrons. The molecule has 0 atom stereocenters. The van der Waals surface area contributed by atoms with Crippen LogP contribution in [0.15, 0.2) is 42.7 Å². The predicted molar refractivity (Wildman–Crippen MR) is 128 cm³/mol. The normalized spacial score (nSPS) is 14.3. The maximum absolute atomic E-state index is 6.07. The van der Waals surface area contributed by atoms with Crippen LogP contribution in [-0.4, -0.2) is 53.2 Å². The van der Waals surface area contributed by atoms with Gasteiger partial charge < -0.3 is 24.7 Å². The van der Waals surface area contributed by atoms with Crippen LogP contribution in [0.25, 0.3) is 21.8 Å². The predicted octanol–water partition coefficient (Wildman–Crippen LogP) is 5.04. The first-order valence-electron chi connectivity index (χ1n) is 11.2. The number of nitrogens with zero attached hydrogens (tertiary/aromatic N) is 3. The smallest absolute Gasteiger partial charge is 0.163 e. The Labute approximate surface area is 187 Å². The molecule has 1 aliphatic heterocycles. The lowest BCUT2D eigenvalue weighted by atomic mass is 10.2. The van der Waals surface area contributed by atoms with Gasteiger partial charge in [-0.15, -0.1) is 0 Å². The third-order valence-electron chi connectivity index (χ3n) is 6.01. The molecule has 2 N–H and O–H groups in total. The summed E-state index contributed by atoms with van der Waals surface area (Å²) >= 11 is 0. The highest BCUT2D eigenvalue weighted by atomic mass is 16.5. The van der Waals surface area contributed by atoms with Gasteiger partial charge in [-0.2, -0.15) is 0 Å². The highest BCUT2D eigenvalue weighted by Crippen LogP contribution is 2.35. The van der Waals surface area contributed by atoms with E-state index in [1.807, 2.05) is 18.2 Å². The molecule has 0 bridgehead atoms. The molecule has 0 saturated carbocycles. The van der Waals surface area contributed by atoms with Crippen LogP contribution in [0.3, 0.4) is 0 Å². The Morgan fingerprint density at radius 3 is 2.78 bits per heavy atom. The Bertz CT molecular complexity index is 1230. The number of benzene rings is 2. The minimum atomic E-state index is 0.657. The number of aromatic amines is 1. The Morgan fingerprint density at radius 1 is 1.06 bits per heavy atom. The Hall–Kier alpha value is -3.32. The first-order chi connectivity index (χ1) is 15.7. The molecule has 1 aliphatic rings. The van der Waals surface area contributed by atoms with Crippen LogP contribution < -0.4 is 14.8 Å². The lowest BCUT2D eigenvalue weighted by Gasteiger charge is -2.16. The number of hydrogen-bond acceptors (Lipinski definition) is 6. The number of fused-ring (bicyclic) bond motifs is 2. The van der Waals surface area contributed by atoms with E-state index in [-0.39, 0.29) is 0 Å². The van der Waals surface area contributed by atoms with Gasteiger partial charge in [-0.25, -0.2) is 9.97 Å². The molecule has 5 rings (SSSR count). The number of ether oxygens (including phenoxy) is 2. The van der Waals surface area contributed by atoms with E-state index < -0.39 is 0 Å². The summed E-state index contributed by atoms with van der Waals surface area (Å²) in [6.45, 7) is 6.22. The summed E-state index contributed by atoms with van der Waals surface area (Å²) in [5.74, 6) is 2.14. The fourth-order valence-electron chi connectivity index (χ4n) is 4.40. The Balaban J connectivity index is 1.35. The summed E-state index contributed by atoms with van der Waals surface area (Å²) < 4.78 is 11.7. The molecule has 0 spiro atoms. The summed E-state index contributed by atoms with van der Waals surface area (Å²) in [7, 11) is 1.66. The van der Waals surface area contributed by atoms with Gasteiger partial charge in [0.05, 0.1) is 19.2 Å². The third kappa shape index (κ3) is 4.34. The van der Waals surface area contributed by atoms with Crippen LogP contribution in [0, 0.1) is 6.92 Å². The Kier molecular flexibility index (Phi) is 5.81. The minimum absolute atomic E-state index is 0.657. The van der Waals surface area contributed by atoms with E-state index >= 15 is 0 Å². The molecule has 1 saturated heterocycles. The van der Waals surface area contributed by atoms with Crippen LogP contribution in [-0.2, 0) is 0 Å². The minimum Gasteiger partial charge on any atom is -0.493 e. The highest BCUT2D eigenvalue weighted by Gasteiger charge is 2.14. The van der Waals surface area contributed by atoms with Crippen molar-refractivity contribution in [2.45, 2.75) is 26.2 Å². The van der Waals surface area contributed by atoms with Crippen LogP contribution in [0.5, 0.6) is 11.5 Å². The number of rotatable bonds is 8. The molecule has 0 radical (unpaired) electrons. The standard InChI is InChI=1S/C25H29N5O2/c1-17-12-18-13-19(6-7-21(18)28-17)29-25-20-14-23(31-2)24(15-22(20)26-16-27-25)32-11-5-10-30-8-3-4-9-30/h6-7,12-16,28H,3-5,8-11H2,1-2H3,(H,26,27,29). The molecule has 32 heavy (non-hydrogen) atoms. The first kappa shape index (κ1) is 20.6. The van der Waals surface area contributed by atoms with Crippen molar-refractivity contribution in [3.05, 3.63) is 48.4 Å². The van der Waals surface area contributed by atoms with Crippen LogP contribution in [0.4, 0.5) is 11.5 Å². The van der Waals surface area contributed by atoms with Crippen LogP contribution >= 0.6 is 0 Å². The van der Waals surface area contributed by atoms with Gasteiger partial charge in [0, 0.05) is 40.3 Å². The van der Waals surface area contributed by atoms with Gasteiger partial charge in [-0.1, -0.05) is 0 Å². The first-order valence-corrected chi connectivity index (χ1v) is 11.2. The average molecular weight is 432 g/mol. The maximum Gasteiger partial charge on any atom is 0.163 e. The number of methoxy groups -OCH3 is 1. The zero-order chi connectivity index (χ0) is 21.9. The summed E-state index contributed by atoms with van der Waals surface area (Å²) in [4.78, 5) is 14.8. The van der Waals surface area contributed by atoms with Gasteiger partial charge >= 0.3 is 0 Å². The second-order valence-corrected chi connectivity index (χ2v) is 8.37. The lowest BCUT2D eigenvalue weighted by molar-refractivity contribution is 0.254. The summed E-state index contributed by atoms with van der Waals surface area (Å²) in [5, 5.41) is 5.48. The molecule has 3 heterocycles. The van der Waals surface area contributed by atoms with Crippen molar-refractivity contribution in [2.24, 2.45) is 0 Å². The number of hydrogen-bond donors (Lipinski definition) is 2. The lowest BCUT2D eigenvalue weighted by Crippen LogP contribution is -2.21. The molecule has 7 heteroatoms. The molecule has 0 unspecified atom stereocenters. The quantitative estimate of drug-likeness (QED) is 0.381. The number of aryl methyl sites for hydroxylation is 1. The van der Waals surface area contributed by atoms with Crippen LogP contribution in [0.1, 0.15) is 25.0 Å². The van der Waals surface area contributed by atoms with Crippen molar-refractivity contribution in [3.8, 4) is 11.5 Å². The Morgan fingerprint density at radius 2 is 1.94 bits per heavy atom. The second kappa shape index (κ2) is 9.04. The molecular weight excluding hydrogens is 402 g/mol. The van der Waals surface area contributed by atoms with Crippen molar-refractivity contribution >= 4 is 33.3 Å². The van der Waals surface area contributed by atoms with E-state index in [9.17, 15) is 0 Å². The van der Waals surface area contributed by atoms with Crippen molar-refractivity contribution in [1.29, 1.82) is 0 Å². The van der Waals surface area contributed by atoms with Crippen molar-refractivity contribution in [3.63, 3.8) is 0 Å². The second-order valence-electron chi connectivity index (χ2n) is 8.37. The topological polar surface area (TPSA) is 75.3 Å². The SMILES string of the molecule is COc1cc2c(Nc3ccc4[nH]c(C)cc4c3)ncnc2cc1OCCCN1CCCC1. The van der Waals surface area contributed by atoms with Gasteiger partial charge in [-0.3, -0.25) is 0 Å². The summed E-state index contributed by atoms with van der Waals surface area (Å²) in [5.41, 5.74) is 4.05. The van der Waals surface area contributed by atoms with E-state index in [2.05, 4.69) is 50.3 Å². The molecule has 2 aromatic heterocycles. The molecular formula is C25H29N5O2. The van der Waals surface area contributed by atoms with Gasteiger partial charge in [0.1, 0.15) is 12.1 Å². The summed E-state index contributed by atoms with van der Waals surface area (Å²) in [6.07, 6.45) is 5.20. The van der Waals surface area contributed by atoms with E-state index in [1.165, 1.54) is 25.9 Å². The van der Waals surface area contributed by atoms with Crippen molar-refractivity contribution < 1.29 is 9.47 Å². The molecule has 0 amide bonds. The third-order valence-corrected chi connectivity index (χ3v) is 6.01. The highest BCUT2D eigenvalue weighted by molar-refractivity contribution is 5.94. The van der Waals surface area contributed by atoms with Gasteiger partial charge in [0.15, 0.2) is 11.5 Å². The van der Waals surface area contributed by atoms with Gasteiger partial charge in [-0.05, 0) is 69.6 Å². The van der Waals surface area contributed by atoms with E-state index in [1.54, 1.807) is 13.4 Å². The summed E-state index contributed by atoms with van der Waals surface area (Å²) in [6, 6.07) is 12.3. The number of likely N-dealkylation sites (tertiary alicyclic amines) is 1. The maximum atomic E-state index is 6.07. The van der Waals surface area contributed by atoms with Gasteiger partial charge in [0.25, 0.3) is 0 Å². The largest absolute Gasteiger partial charge is 0.493 e. The fraction of sp³-hybridized carbons (Fsp3) is 0.360. The fourth-order valence-corrected chi connectivity index (χ4v) is 4.40. The molecule has 7 nitrogen and oxygen atoms in total. The van der Waals surface area contributed by atoms with E-state index in [4.69, 9.17) is 9.47 Å². The van der Waals surface area contributed by atoms with Crippen LogP contribution in [0.2, 0.25) is 0 Å². The van der Waals surface area contributed by atoms with Gasteiger partial charge in [0.2, 0.25) is 0 Å². The van der Waals surface area contributed by atoms with E-state index in [0.29, 0.717) is 12.4 Å². The number of H-pyrrole nitrogens is 1. The van der Waals surface area contributed by atoms with E-state index in [0.717, 1.165) is 57.7 Å². The zero-order valence-corrected chi connectivity index (χ0v) is 18.6. The number of nitrogens with one attached hydrogen (secondary N) is 2. The molecule has 0 aliphatic carbocycles.